The Hall–Kier alpha value is -1.30. The Kier molecular flexibility index (Phi) is 3.48. The van der Waals surface area contributed by atoms with Crippen LogP contribution in [0.3, 0.4) is 0 Å². The first kappa shape index (κ1) is 15.1. The fourth-order valence-corrected chi connectivity index (χ4v) is 3.47. The summed E-state index contributed by atoms with van der Waals surface area (Å²) in [5, 5.41) is 0. The normalized spacial score (nSPS) is 28.1. The predicted molar refractivity (Wildman–Crippen MR) is 77.4 cm³/mol. The van der Waals surface area contributed by atoms with Crippen molar-refractivity contribution in [1.82, 2.24) is 4.90 Å². The van der Waals surface area contributed by atoms with E-state index in [1.807, 2.05) is 32.9 Å². The quantitative estimate of drug-likeness (QED) is 0.542. The highest BCUT2D eigenvalue weighted by molar-refractivity contribution is 9.11. The topological polar surface area (TPSA) is 55.8 Å². The molecule has 2 aliphatic heterocycles. The zero-order valence-corrected chi connectivity index (χ0v) is 13.8. The second-order valence-corrected chi connectivity index (χ2v) is 6.87. The average Bonchev–Trinajstić information content (AvgIpc) is 2.74. The van der Waals surface area contributed by atoms with Crippen LogP contribution in [-0.2, 0) is 14.3 Å². The number of esters is 1. The molecule has 0 saturated carbocycles. The third kappa shape index (κ3) is 2.16. The molecule has 2 atom stereocenters. The summed E-state index contributed by atoms with van der Waals surface area (Å²) in [7, 11) is 1.33. The minimum Gasteiger partial charge on any atom is -0.466 e. The maximum Gasteiger partial charge on any atom is 0.412 e. The van der Waals surface area contributed by atoms with Gasteiger partial charge >= 0.3 is 12.1 Å². The highest BCUT2D eigenvalue weighted by Crippen LogP contribution is 2.48. The van der Waals surface area contributed by atoms with E-state index in [1.165, 1.54) is 7.11 Å². The fraction of sp³-hybridized carbons (Fsp3) is 0.571. The molecule has 0 saturated heterocycles. The second kappa shape index (κ2) is 4.62. The van der Waals surface area contributed by atoms with Gasteiger partial charge in [0, 0.05) is 4.48 Å². The van der Waals surface area contributed by atoms with Crippen molar-refractivity contribution >= 4 is 28.0 Å². The largest absolute Gasteiger partial charge is 0.466 e. The summed E-state index contributed by atoms with van der Waals surface area (Å²) in [6.07, 6.45) is 3.25. The number of carbonyl (C=O) groups excluding carboxylic acids is 2. The molecule has 2 heterocycles. The van der Waals surface area contributed by atoms with Crippen LogP contribution >= 0.6 is 15.9 Å². The molecule has 0 aromatic carbocycles. The first-order valence-electron chi connectivity index (χ1n) is 6.32. The third-order valence-corrected chi connectivity index (χ3v) is 4.23. The van der Waals surface area contributed by atoms with Gasteiger partial charge in [0.15, 0.2) is 0 Å². The van der Waals surface area contributed by atoms with Crippen molar-refractivity contribution in [2.75, 3.05) is 7.11 Å². The molecule has 2 rings (SSSR count). The van der Waals surface area contributed by atoms with E-state index in [4.69, 9.17) is 9.47 Å². The molecule has 0 aliphatic carbocycles. The Morgan fingerprint density at radius 2 is 2.00 bits per heavy atom. The van der Waals surface area contributed by atoms with Crippen molar-refractivity contribution in [3.05, 3.63) is 22.2 Å². The second-order valence-electron chi connectivity index (χ2n) is 6.02. The number of rotatable bonds is 1. The van der Waals surface area contributed by atoms with Gasteiger partial charge in [0.1, 0.15) is 5.60 Å². The molecule has 20 heavy (non-hydrogen) atoms. The van der Waals surface area contributed by atoms with Crippen LogP contribution in [0.1, 0.15) is 27.7 Å². The highest BCUT2D eigenvalue weighted by Gasteiger charge is 2.56. The minimum atomic E-state index is -0.834. The maximum atomic E-state index is 12.4. The van der Waals surface area contributed by atoms with Crippen LogP contribution in [0, 0.1) is 0 Å². The lowest BCUT2D eigenvalue weighted by Crippen LogP contribution is -2.49. The SMILES string of the molecule is COC(=O)C1=C(Br)C2C=CC1(C)N2C(=O)OC(C)(C)C. The van der Waals surface area contributed by atoms with Crippen LogP contribution in [0.15, 0.2) is 22.2 Å². The van der Waals surface area contributed by atoms with Gasteiger partial charge in [-0.15, -0.1) is 0 Å². The molecular formula is C14H18BrNO4. The van der Waals surface area contributed by atoms with Gasteiger partial charge in [0.25, 0.3) is 0 Å². The van der Waals surface area contributed by atoms with Crippen LogP contribution in [0.5, 0.6) is 0 Å². The Morgan fingerprint density at radius 1 is 1.40 bits per heavy atom. The van der Waals surface area contributed by atoms with Crippen LogP contribution in [0.4, 0.5) is 4.79 Å². The van der Waals surface area contributed by atoms with Gasteiger partial charge < -0.3 is 9.47 Å². The van der Waals surface area contributed by atoms with Crippen LogP contribution in [0.25, 0.3) is 0 Å². The molecule has 6 heteroatoms. The number of nitrogens with zero attached hydrogens (tertiary/aromatic N) is 1. The molecule has 0 spiro atoms. The van der Waals surface area contributed by atoms with E-state index >= 15 is 0 Å². The number of hydrogen-bond donors (Lipinski definition) is 0. The highest BCUT2D eigenvalue weighted by atomic mass is 79.9. The van der Waals surface area contributed by atoms with E-state index in [2.05, 4.69) is 15.9 Å². The van der Waals surface area contributed by atoms with Gasteiger partial charge in [-0.25, -0.2) is 9.59 Å². The molecule has 2 bridgehead atoms. The average molecular weight is 344 g/mol. The zero-order valence-electron chi connectivity index (χ0n) is 12.2. The first-order chi connectivity index (χ1) is 9.12. The maximum absolute atomic E-state index is 12.4. The van der Waals surface area contributed by atoms with Crippen molar-refractivity contribution in [3.63, 3.8) is 0 Å². The summed E-state index contributed by atoms with van der Waals surface area (Å²) in [5.41, 5.74) is -0.981. The Morgan fingerprint density at radius 3 is 2.50 bits per heavy atom. The summed E-state index contributed by atoms with van der Waals surface area (Å²) in [6.45, 7) is 7.22. The molecule has 110 valence electrons. The lowest BCUT2D eigenvalue weighted by atomic mass is 9.92. The monoisotopic (exact) mass is 343 g/mol. The van der Waals surface area contributed by atoms with Gasteiger partial charge in [-0.2, -0.15) is 0 Å². The first-order valence-corrected chi connectivity index (χ1v) is 7.11. The van der Waals surface area contributed by atoms with Gasteiger partial charge in [0.05, 0.1) is 24.3 Å². The summed E-state index contributed by atoms with van der Waals surface area (Å²) < 4.78 is 10.9. The van der Waals surface area contributed by atoms with Gasteiger partial charge in [-0.3, -0.25) is 4.90 Å². The number of ether oxygens (including phenoxy) is 2. The Labute approximate surface area is 126 Å². The molecule has 0 N–H and O–H groups in total. The third-order valence-electron chi connectivity index (χ3n) is 3.37. The van der Waals surface area contributed by atoms with Gasteiger partial charge in [-0.1, -0.05) is 28.1 Å². The van der Waals surface area contributed by atoms with Crippen LogP contribution in [-0.4, -0.2) is 41.3 Å². The predicted octanol–water partition coefficient (Wildman–Crippen LogP) is 2.76. The molecule has 0 fully saturated rings. The van der Waals surface area contributed by atoms with Crippen LogP contribution in [0.2, 0.25) is 0 Å². The van der Waals surface area contributed by atoms with Crippen molar-refractivity contribution in [3.8, 4) is 0 Å². The Balaban J connectivity index is 2.34. The summed E-state index contributed by atoms with van der Waals surface area (Å²) in [5.74, 6) is -0.445. The minimum absolute atomic E-state index is 0.316. The lowest BCUT2D eigenvalue weighted by Gasteiger charge is -2.34. The van der Waals surface area contributed by atoms with Crippen molar-refractivity contribution in [2.24, 2.45) is 0 Å². The zero-order chi connectivity index (χ0) is 15.3. The van der Waals surface area contributed by atoms with E-state index in [-0.39, 0.29) is 6.04 Å². The van der Waals surface area contributed by atoms with Crippen molar-refractivity contribution in [2.45, 2.75) is 44.9 Å². The molecule has 2 unspecified atom stereocenters. The lowest BCUT2D eigenvalue weighted by molar-refractivity contribution is -0.136. The van der Waals surface area contributed by atoms with Crippen molar-refractivity contribution < 1.29 is 19.1 Å². The smallest absolute Gasteiger partial charge is 0.412 e. The number of hydrogen-bond acceptors (Lipinski definition) is 4. The van der Waals surface area contributed by atoms with Gasteiger partial charge in [0.2, 0.25) is 0 Å². The molecule has 5 nitrogen and oxygen atoms in total. The number of halogens is 1. The molecule has 0 radical (unpaired) electrons. The molecule has 0 aromatic heterocycles. The van der Waals surface area contributed by atoms with E-state index < -0.39 is 23.2 Å². The molecule has 0 aromatic rings. The number of amides is 1. The number of fused-ring (bicyclic) bond motifs is 2. The summed E-state index contributed by atoms with van der Waals surface area (Å²) in [4.78, 5) is 25.9. The van der Waals surface area contributed by atoms with E-state index in [0.717, 1.165) is 0 Å². The Bertz CT molecular complexity index is 532. The number of methoxy groups -OCH3 is 1. The standard InChI is InChI=1S/C14H18BrNO4/c1-13(2,3)20-12(18)16-8-6-7-14(16,4)9(10(8)15)11(17)19-5/h6-8H,1-5H3. The van der Waals surface area contributed by atoms with E-state index in [9.17, 15) is 9.59 Å². The molecule has 2 aliphatic rings. The number of carbonyl (C=O) groups is 2. The van der Waals surface area contributed by atoms with E-state index in [1.54, 1.807) is 11.8 Å². The van der Waals surface area contributed by atoms with Gasteiger partial charge in [-0.05, 0) is 27.7 Å². The summed E-state index contributed by atoms with van der Waals surface area (Å²) in [6, 6.07) is -0.316. The van der Waals surface area contributed by atoms with Crippen LogP contribution < -0.4 is 0 Å². The summed E-state index contributed by atoms with van der Waals surface area (Å²) >= 11 is 3.40. The fourth-order valence-electron chi connectivity index (χ4n) is 2.55. The molecule has 1 amide bonds. The van der Waals surface area contributed by atoms with Crippen molar-refractivity contribution in [1.29, 1.82) is 0 Å². The molecular weight excluding hydrogens is 326 g/mol. The van der Waals surface area contributed by atoms with E-state index in [0.29, 0.717) is 10.1 Å².